The van der Waals surface area contributed by atoms with Crippen molar-refractivity contribution >= 4 is 5.78 Å². The second-order valence-corrected chi connectivity index (χ2v) is 3.62. The molecule has 82 valence electrons. The molecule has 1 aromatic heterocycles. The Kier molecular flexibility index (Phi) is 4.81. The number of aryl methyl sites for hydroxylation is 1. The molecule has 0 radical (unpaired) electrons. The van der Waals surface area contributed by atoms with E-state index in [1.807, 2.05) is 13.1 Å². The fourth-order valence-corrected chi connectivity index (χ4v) is 1.38. The first-order valence-corrected chi connectivity index (χ1v) is 5.44. The highest BCUT2D eigenvalue weighted by Crippen LogP contribution is 2.02. The Labute approximate surface area is 90.8 Å². The molecule has 1 aromatic rings. The summed E-state index contributed by atoms with van der Waals surface area (Å²) in [5.41, 5.74) is 0. The minimum Gasteiger partial charge on any atom is -0.331 e. The quantitative estimate of drug-likeness (QED) is 0.407. The molecule has 3 nitrogen and oxygen atoms in total. The maximum absolute atomic E-state index is 11.6. The SMILES string of the molecule is CCCCC/C=C/C(=O)c1nccn1C. The maximum Gasteiger partial charge on any atom is 0.220 e. The molecule has 0 unspecified atom stereocenters. The van der Waals surface area contributed by atoms with Gasteiger partial charge in [-0.1, -0.05) is 25.8 Å². The van der Waals surface area contributed by atoms with Crippen LogP contribution in [0.5, 0.6) is 0 Å². The average molecular weight is 206 g/mol. The molecule has 0 amide bonds. The molecular weight excluding hydrogens is 188 g/mol. The van der Waals surface area contributed by atoms with E-state index in [0.29, 0.717) is 5.82 Å². The van der Waals surface area contributed by atoms with Crippen LogP contribution in [0.1, 0.15) is 43.2 Å². The second-order valence-electron chi connectivity index (χ2n) is 3.62. The number of ketones is 1. The molecule has 0 aliphatic heterocycles. The monoisotopic (exact) mass is 206 g/mol. The van der Waals surface area contributed by atoms with Crippen LogP contribution >= 0.6 is 0 Å². The van der Waals surface area contributed by atoms with Crippen LogP contribution in [0.4, 0.5) is 0 Å². The van der Waals surface area contributed by atoms with Crippen molar-refractivity contribution in [3.63, 3.8) is 0 Å². The third kappa shape index (κ3) is 3.70. The van der Waals surface area contributed by atoms with E-state index in [1.165, 1.54) is 12.8 Å². The largest absolute Gasteiger partial charge is 0.331 e. The van der Waals surface area contributed by atoms with Gasteiger partial charge in [0.25, 0.3) is 0 Å². The summed E-state index contributed by atoms with van der Waals surface area (Å²) in [6, 6.07) is 0. The molecule has 0 spiro atoms. The summed E-state index contributed by atoms with van der Waals surface area (Å²) in [6.07, 6.45) is 11.5. The number of rotatable bonds is 6. The number of allylic oxidation sites excluding steroid dienone is 2. The van der Waals surface area contributed by atoms with E-state index in [1.54, 1.807) is 23.0 Å². The molecule has 3 heteroatoms. The van der Waals surface area contributed by atoms with Gasteiger partial charge < -0.3 is 4.57 Å². The van der Waals surface area contributed by atoms with Crippen LogP contribution in [0.2, 0.25) is 0 Å². The number of hydrogen-bond acceptors (Lipinski definition) is 2. The minimum absolute atomic E-state index is 0.0148. The summed E-state index contributed by atoms with van der Waals surface area (Å²) >= 11 is 0. The third-order valence-electron chi connectivity index (χ3n) is 2.29. The van der Waals surface area contributed by atoms with Gasteiger partial charge in [0.15, 0.2) is 5.82 Å². The van der Waals surface area contributed by atoms with Gasteiger partial charge in [-0.25, -0.2) is 4.98 Å². The Balaban J connectivity index is 2.39. The van der Waals surface area contributed by atoms with Gasteiger partial charge in [-0.05, 0) is 18.9 Å². The summed E-state index contributed by atoms with van der Waals surface area (Å²) in [5.74, 6) is 0.487. The molecule has 0 saturated heterocycles. The fourth-order valence-electron chi connectivity index (χ4n) is 1.38. The predicted molar refractivity (Wildman–Crippen MR) is 60.8 cm³/mol. The van der Waals surface area contributed by atoms with Crippen LogP contribution < -0.4 is 0 Å². The molecule has 15 heavy (non-hydrogen) atoms. The van der Waals surface area contributed by atoms with E-state index < -0.39 is 0 Å². The first-order chi connectivity index (χ1) is 7.25. The summed E-state index contributed by atoms with van der Waals surface area (Å²) in [5, 5.41) is 0. The zero-order valence-corrected chi connectivity index (χ0v) is 9.44. The number of aromatic nitrogens is 2. The van der Waals surface area contributed by atoms with E-state index in [4.69, 9.17) is 0 Å². The van der Waals surface area contributed by atoms with Gasteiger partial charge in [-0.3, -0.25) is 4.79 Å². The lowest BCUT2D eigenvalue weighted by atomic mass is 10.2. The predicted octanol–water partition coefficient (Wildman–Crippen LogP) is 2.74. The van der Waals surface area contributed by atoms with Crippen molar-refractivity contribution in [1.29, 1.82) is 0 Å². The lowest BCUT2D eigenvalue weighted by Crippen LogP contribution is -2.03. The molecule has 1 heterocycles. The summed E-state index contributed by atoms with van der Waals surface area (Å²) in [6.45, 7) is 2.17. The van der Waals surface area contributed by atoms with Crippen LogP contribution in [0.25, 0.3) is 0 Å². The zero-order chi connectivity index (χ0) is 11.1. The maximum atomic E-state index is 11.6. The Morgan fingerprint density at radius 1 is 1.53 bits per heavy atom. The molecule has 0 aliphatic rings. The van der Waals surface area contributed by atoms with E-state index in [9.17, 15) is 4.79 Å². The highest BCUT2D eigenvalue weighted by atomic mass is 16.1. The summed E-state index contributed by atoms with van der Waals surface area (Å²) < 4.78 is 1.73. The summed E-state index contributed by atoms with van der Waals surface area (Å²) in [4.78, 5) is 15.6. The van der Waals surface area contributed by atoms with Crippen molar-refractivity contribution < 1.29 is 4.79 Å². The van der Waals surface area contributed by atoms with Crippen LogP contribution in [-0.4, -0.2) is 15.3 Å². The van der Waals surface area contributed by atoms with Gasteiger partial charge in [0.05, 0.1) is 0 Å². The molecule has 0 aliphatic carbocycles. The molecule has 1 rings (SSSR count). The Bertz CT molecular complexity index is 339. The number of nitrogens with zero attached hydrogens (tertiary/aromatic N) is 2. The first kappa shape index (κ1) is 11.7. The van der Waals surface area contributed by atoms with Crippen LogP contribution in [-0.2, 0) is 7.05 Å². The highest BCUT2D eigenvalue weighted by molar-refractivity contribution is 6.01. The van der Waals surface area contributed by atoms with Gasteiger partial charge >= 0.3 is 0 Å². The third-order valence-corrected chi connectivity index (χ3v) is 2.29. The topological polar surface area (TPSA) is 34.9 Å². The van der Waals surface area contributed by atoms with Crippen LogP contribution in [0.15, 0.2) is 24.5 Å². The standard InChI is InChI=1S/C12H18N2O/c1-3-4-5-6-7-8-11(15)12-13-9-10-14(12)2/h7-10H,3-6H2,1-2H3/b8-7+. The van der Waals surface area contributed by atoms with Crippen LogP contribution in [0.3, 0.4) is 0 Å². The Morgan fingerprint density at radius 3 is 2.93 bits per heavy atom. The lowest BCUT2D eigenvalue weighted by molar-refractivity contribution is 0.103. The van der Waals surface area contributed by atoms with Gasteiger partial charge in [0.2, 0.25) is 5.78 Å². The number of unbranched alkanes of at least 4 members (excludes halogenated alkanes) is 3. The van der Waals surface area contributed by atoms with Gasteiger partial charge in [0, 0.05) is 19.4 Å². The van der Waals surface area contributed by atoms with E-state index in [0.717, 1.165) is 12.8 Å². The van der Waals surface area contributed by atoms with Crippen molar-refractivity contribution in [3.8, 4) is 0 Å². The highest BCUT2D eigenvalue weighted by Gasteiger charge is 2.05. The van der Waals surface area contributed by atoms with Gasteiger partial charge in [-0.15, -0.1) is 0 Å². The number of hydrogen-bond donors (Lipinski definition) is 0. The molecule has 0 aromatic carbocycles. The number of carbonyl (C=O) groups is 1. The Morgan fingerprint density at radius 2 is 2.33 bits per heavy atom. The van der Waals surface area contributed by atoms with Crippen molar-refractivity contribution in [2.75, 3.05) is 0 Å². The molecule has 0 N–H and O–H groups in total. The molecule has 0 saturated carbocycles. The van der Waals surface area contributed by atoms with E-state index in [2.05, 4.69) is 11.9 Å². The fraction of sp³-hybridized carbons (Fsp3) is 0.500. The first-order valence-electron chi connectivity index (χ1n) is 5.44. The van der Waals surface area contributed by atoms with Crippen molar-refractivity contribution in [1.82, 2.24) is 9.55 Å². The van der Waals surface area contributed by atoms with Crippen molar-refractivity contribution in [2.24, 2.45) is 7.05 Å². The molecule has 0 atom stereocenters. The molecule has 0 fully saturated rings. The van der Waals surface area contributed by atoms with Gasteiger partial charge in [-0.2, -0.15) is 0 Å². The number of imidazole rings is 1. The second kappa shape index (κ2) is 6.17. The van der Waals surface area contributed by atoms with Crippen molar-refractivity contribution in [3.05, 3.63) is 30.4 Å². The number of carbonyl (C=O) groups excluding carboxylic acids is 1. The Hall–Kier alpha value is -1.38. The smallest absolute Gasteiger partial charge is 0.220 e. The lowest BCUT2D eigenvalue weighted by Gasteiger charge is -1.95. The van der Waals surface area contributed by atoms with Gasteiger partial charge in [0.1, 0.15) is 0 Å². The van der Waals surface area contributed by atoms with E-state index >= 15 is 0 Å². The minimum atomic E-state index is -0.0148. The normalized spacial score (nSPS) is 11.1. The van der Waals surface area contributed by atoms with Crippen LogP contribution in [0, 0.1) is 0 Å². The van der Waals surface area contributed by atoms with E-state index in [-0.39, 0.29) is 5.78 Å². The molecular formula is C12H18N2O. The van der Waals surface area contributed by atoms with Crippen molar-refractivity contribution in [2.45, 2.75) is 32.6 Å². The summed E-state index contributed by atoms with van der Waals surface area (Å²) in [7, 11) is 1.82. The average Bonchev–Trinajstić information content (AvgIpc) is 2.64. The molecule has 0 bridgehead atoms. The zero-order valence-electron chi connectivity index (χ0n) is 9.44.